The number of unbranched alkanes of at least 4 members (excludes halogenated alkanes) is 9. The van der Waals surface area contributed by atoms with Crippen molar-refractivity contribution in [3.63, 3.8) is 0 Å². The fourth-order valence-electron chi connectivity index (χ4n) is 2.85. The van der Waals surface area contributed by atoms with Crippen molar-refractivity contribution in [3.05, 3.63) is 10.1 Å². The maximum absolute atomic E-state index is 11.0. The number of methoxy groups -OCH3 is 1. The van der Waals surface area contributed by atoms with E-state index in [1.165, 1.54) is 32.8 Å². The Kier molecular flexibility index (Phi) is 16.5. The standard InChI is InChI=1S/C19H35ClN2O4/c1-3-4-5-6-8-11-14-17(20)18(21-22(24)25)15-12-9-7-10-13-16-19(23)26-2/h17H,3-16H2,1-2H3. The molecule has 0 spiro atoms. The highest BCUT2D eigenvalue weighted by atomic mass is 35.5. The smallest absolute Gasteiger partial charge is 0.305 e. The Morgan fingerprint density at radius 1 is 1.00 bits per heavy atom. The molecule has 0 saturated heterocycles. The molecular weight excluding hydrogens is 356 g/mol. The Morgan fingerprint density at radius 2 is 1.54 bits per heavy atom. The Labute approximate surface area is 162 Å². The van der Waals surface area contributed by atoms with E-state index in [4.69, 9.17) is 11.6 Å². The van der Waals surface area contributed by atoms with Crippen LogP contribution >= 0.6 is 11.6 Å². The number of carbonyl (C=O) groups excluding carboxylic acids is 1. The number of carbonyl (C=O) groups is 1. The topological polar surface area (TPSA) is 81.8 Å². The minimum atomic E-state index is -0.637. The summed E-state index contributed by atoms with van der Waals surface area (Å²) in [6.45, 7) is 2.19. The van der Waals surface area contributed by atoms with Crippen LogP contribution in [0.4, 0.5) is 0 Å². The predicted octanol–water partition coefficient (Wildman–Crippen LogP) is 5.88. The monoisotopic (exact) mass is 390 g/mol. The van der Waals surface area contributed by atoms with E-state index >= 15 is 0 Å². The van der Waals surface area contributed by atoms with Gasteiger partial charge in [0.1, 0.15) is 5.71 Å². The highest BCUT2D eigenvalue weighted by Gasteiger charge is 2.16. The molecule has 0 saturated carbocycles. The van der Waals surface area contributed by atoms with Crippen molar-refractivity contribution in [1.82, 2.24) is 0 Å². The number of nitro groups is 1. The van der Waals surface area contributed by atoms with Gasteiger partial charge in [-0.1, -0.05) is 64.7 Å². The van der Waals surface area contributed by atoms with Crippen molar-refractivity contribution >= 4 is 23.3 Å². The second-order valence-electron chi connectivity index (χ2n) is 6.70. The van der Waals surface area contributed by atoms with Gasteiger partial charge < -0.3 is 4.74 Å². The molecule has 0 aliphatic rings. The quantitative estimate of drug-likeness (QED) is 0.0775. The number of esters is 1. The van der Waals surface area contributed by atoms with Crippen LogP contribution in [0.1, 0.15) is 96.8 Å². The van der Waals surface area contributed by atoms with Gasteiger partial charge in [0.25, 0.3) is 0 Å². The fraction of sp³-hybridized carbons (Fsp3) is 0.895. The zero-order valence-corrected chi connectivity index (χ0v) is 17.1. The second-order valence-corrected chi connectivity index (χ2v) is 7.22. The first kappa shape index (κ1) is 24.8. The predicted molar refractivity (Wildman–Crippen MR) is 106 cm³/mol. The summed E-state index contributed by atoms with van der Waals surface area (Å²) in [5, 5.41) is 13.3. The van der Waals surface area contributed by atoms with E-state index in [1.54, 1.807) is 0 Å². The summed E-state index contributed by atoms with van der Waals surface area (Å²) in [6.07, 6.45) is 13.4. The molecule has 0 aliphatic carbocycles. The molecule has 0 amide bonds. The maximum Gasteiger partial charge on any atom is 0.305 e. The number of hydrogen-bond donors (Lipinski definition) is 0. The van der Waals surface area contributed by atoms with E-state index in [0.717, 1.165) is 51.4 Å². The van der Waals surface area contributed by atoms with Crippen LogP contribution in [0.5, 0.6) is 0 Å². The van der Waals surface area contributed by atoms with E-state index < -0.39 is 5.03 Å². The first-order valence-electron chi connectivity index (χ1n) is 9.93. The number of nitrogens with zero attached hydrogens (tertiary/aromatic N) is 2. The average molecular weight is 391 g/mol. The Morgan fingerprint density at radius 3 is 2.12 bits per heavy atom. The maximum atomic E-state index is 11.0. The van der Waals surface area contributed by atoms with E-state index in [0.29, 0.717) is 18.6 Å². The number of halogens is 1. The summed E-state index contributed by atoms with van der Waals surface area (Å²) >= 11 is 6.36. The zero-order chi connectivity index (χ0) is 19.6. The van der Waals surface area contributed by atoms with Crippen molar-refractivity contribution in [1.29, 1.82) is 0 Å². The van der Waals surface area contributed by atoms with Crippen LogP contribution in [0.2, 0.25) is 0 Å². The third kappa shape index (κ3) is 15.1. The first-order chi connectivity index (χ1) is 12.5. The van der Waals surface area contributed by atoms with Gasteiger partial charge in [-0.15, -0.1) is 11.6 Å². The molecule has 0 aromatic heterocycles. The molecule has 0 radical (unpaired) electrons. The SMILES string of the molecule is CCCCCCCCC(Cl)C(CCCCCCCC(=O)OC)=N[N+](=O)[O-]. The van der Waals surface area contributed by atoms with Gasteiger partial charge in [0.2, 0.25) is 0 Å². The van der Waals surface area contributed by atoms with Crippen LogP contribution in [0, 0.1) is 10.1 Å². The van der Waals surface area contributed by atoms with E-state index in [9.17, 15) is 14.9 Å². The molecule has 0 bridgehead atoms. The molecule has 1 unspecified atom stereocenters. The Hall–Kier alpha value is -1.17. The normalized spacial score (nSPS) is 12.8. The lowest BCUT2D eigenvalue weighted by atomic mass is 10.0. The van der Waals surface area contributed by atoms with E-state index in [1.807, 2.05) is 0 Å². The van der Waals surface area contributed by atoms with Crippen molar-refractivity contribution in [3.8, 4) is 0 Å². The summed E-state index contributed by atoms with van der Waals surface area (Å²) in [5.74, 6) is -0.176. The number of alkyl halides is 1. The molecule has 0 fully saturated rings. The molecule has 152 valence electrons. The summed E-state index contributed by atoms with van der Waals surface area (Å²) in [6, 6.07) is 0. The van der Waals surface area contributed by atoms with Gasteiger partial charge in [-0.3, -0.25) is 4.79 Å². The Bertz CT molecular complexity index is 416. The highest BCUT2D eigenvalue weighted by molar-refractivity contribution is 6.32. The number of hydrazone groups is 1. The molecule has 6 nitrogen and oxygen atoms in total. The number of rotatable bonds is 17. The molecule has 26 heavy (non-hydrogen) atoms. The number of ether oxygens (including phenoxy) is 1. The first-order valence-corrected chi connectivity index (χ1v) is 10.4. The van der Waals surface area contributed by atoms with Crippen LogP contribution < -0.4 is 0 Å². The zero-order valence-electron chi connectivity index (χ0n) is 16.4. The molecular formula is C19H35ClN2O4. The van der Waals surface area contributed by atoms with Crippen molar-refractivity contribution in [2.45, 2.75) is 102 Å². The Balaban J connectivity index is 3.98. The van der Waals surface area contributed by atoms with Gasteiger partial charge in [0, 0.05) is 6.42 Å². The third-order valence-corrected chi connectivity index (χ3v) is 4.89. The molecule has 0 heterocycles. The molecule has 7 heteroatoms. The summed E-state index contributed by atoms with van der Waals surface area (Å²) in [5.41, 5.74) is 0.500. The summed E-state index contributed by atoms with van der Waals surface area (Å²) < 4.78 is 4.60. The van der Waals surface area contributed by atoms with Gasteiger partial charge in [-0.05, 0) is 25.7 Å². The van der Waals surface area contributed by atoms with Gasteiger partial charge >= 0.3 is 5.97 Å². The minimum absolute atomic E-state index is 0.176. The summed E-state index contributed by atoms with van der Waals surface area (Å²) in [7, 11) is 1.40. The van der Waals surface area contributed by atoms with Crippen LogP contribution in [-0.2, 0) is 9.53 Å². The van der Waals surface area contributed by atoms with E-state index in [-0.39, 0.29) is 11.3 Å². The van der Waals surface area contributed by atoms with Crippen LogP contribution in [-0.4, -0.2) is 29.2 Å². The molecule has 0 aliphatic heterocycles. The second kappa shape index (κ2) is 17.3. The lowest BCUT2D eigenvalue weighted by Gasteiger charge is -2.10. The van der Waals surface area contributed by atoms with Gasteiger partial charge in [-0.2, -0.15) is 0 Å². The third-order valence-electron chi connectivity index (χ3n) is 4.42. The number of hydrogen-bond acceptors (Lipinski definition) is 4. The van der Waals surface area contributed by atoms with Crippen LogP contribution in [0.15, 0.2) is 5.10 Å². The van der Waals surface area contributed by atoms with Crippen LogP contribution in [0.3, 0.4) is 0 Å². The lowest BCUT2D eigenvalue weighted by molar-refractivity contribution is -0.485. The van der Waals surface area contributed by atoms with Crippen molar-refractivity contribution in [2.24, 2.45) is 5.10 Å². The average Bonchev–Trinajstić information content (AvgIpc) is 2.61. The van der Waals surface area contributed by atoms with Gasteiger partial charge in [0.15, 0.2) is 5.03 Å². The lowest BCUT2D eigenvalue weighted by Crippen LogP contribution is -2.16. The molecule has 0 aromatic rings. The van der Waals surface area contributed by atoms with Crippen molar-refractivity contribution in [2.75, 3.05) is 7.11 Å². The fourth-order valence-corrected chi connectivity index (χ4v) is 3.16. The highest BCUT2D eigenvalue weighted by Crippen LogP contribution is 2.17. The molecule has 1 atom stereocenters. The minimum Gasteiger partial charge on any atom is -0.469 e. The summed E-state index contributed by atoms with van der Waals surface area (Å²) in [4.78, 5) is 21.8. The van der Waals surface area contributed by atoms with Gasteiger partial charge in [-0.25, -0.2) is 10.1 Å². The molecule has 0 aromatic carbocycles. The largest absolute Gasteiger partial charge is 0.469 e. The van der Waals surface area contributed by atoms with Gasteiger partial charge in [0.05, 0.1) is 17.6 Å². The molecule has 0 N–H and O–H groups in total. The van der Waals surface area contributed by atoms with Crippen LogP contribution in [0.25, 0.3) is 0 Å². The van der Waals surface area contributed by atoms with Crippen molar-refractivity contribution < 1.29 is 14.6 Å². The van der Waals surface area contributed by atoms with E-state index in [2.05, 4.69) is 16.8 Å². The molecule has 0 rings (SSSR count).